The second kappa shape index (κ2) is 9.29. The fourth-order valence-corrected chi connectivity index (χ4v) is 6.58. The van der Waals surface area contributed by atoms with Crippen molar-refractivity contribution in [2.45, 2.75) is 56.4 Å². The summed E-state index contributed by atoms with van der Waals surface area (Å²) < 4.78 is 72.5. The van der Waals surface area contributed by atoms with Gasteiger partial charge in [-0.2, -0.15) is 30.0 Å². The number of fused-ring (bicyclic) bond motifs is 2. The fourth-order valence-electron chi connectivity index (χ4n) is 5.60. The number of aromatic nitrogens is 2. The fraction of sp³-hybridized carbons (Fsp3) is 0.538. The van der Waals surface area contributed by atoms with Crippen LogP contribution in [0.15, 0.2) is 36.0 Å². The van der Waals surface area contributed by atoms with Crippen LogP contribution in [-0.4, -0.2) is 52.4 Å². The second-order valence-electron chi connectivity index (χ2n) is 10.8. The van der Waals surface area contributed by atoms with Gasteiger partial charge in [-0.05, 0) is 50.6 Å². The summed E-state index contributed by atoms with van der Waals surface area (Å²) in [7, 11) is 0. The van der Waals surface area contributed by atoms with E-state index in [0.29, 0.717) is 17.2 Å². The van der Waals surface area contributed by atoms with Crippen LogP contribution >= 0.6 is 23.4 Å². The third kappa shape index (κ3) is 4.20. The van der Waals surface area contributed by atoms with Gasteiger partial charge in [-0.1, -0.05) is 30.2 Å². The molecular weight excluding hydrogens is 561 g/mol. The molecule has 13 heteroatoms. The summed E-state index contributed by atoms with van der Waals surface area (Å²) in [6.07, 6.45) is 2.03. The maximum atomic E-state index is 14.3. The van der Waals surface area contributed by atoms with Crippen molar-refractivity contribution in [2.75, 3.05) is 29.6 Å². The maximum Gasteiger partial charge on any atom is 0.401 e. The van der Waals surface area contributed by atoms with E-state index >= 15 is 0 Å². The maximum absolute atomic E-state index is 14.3. The van der Waals surface area contributed by atoms with E-state index in [0.717, 1.165) is 19.1 Å². The molecule has 6 rings (SSSR count). The Bertz CT molecular complexity index is 1320. The summed E-state index contributed by atoms with van der Waals surface area (Å²) in [6, 6.07) is 7.20. The molecule has 3 atom stereocenters. The average Bonchev–Trinajstić information content (AvgIpc) is 3.09. The van der Waals surface area contributed by atoms with Crippen molar-refractivity contribution in [3.8, 4) is 0 Å². The zero-order chi connectivity index (χ0) is 28.5. The van der Waals surface area contributed by atoms with E-state index in [2.05, 4.69) is 16.7 Å². The minimum Gasteiger partial charge on any atom is -0.369 e. The Morgan fingerprint density at radius 3 is 2.31 bits per heavy atom. The minimum atomic E-state index is -4.59. The molecule has 2 aliphatic carbocycles. The van der Waals surface area contributed by atoms with Crippen molar-refractivity contribution >= 4 is 46.5 Å². The van der Waals surface area contributed by atoms with Gasteiger partial charge >= 0.3 is 6.18 Å². The van der Waals surface area contributed by atoms with Gasteiger partial charge in [-0.25, -0.2) is 13.5 Å². The lowest BCUT2D eigenvalue weighted by Crippen LogP contribution is -2.41. The predicted octanol–water partition coefficient (Wildman–Crippen LogP) is 6.35. The third-order valence-corrected chi connectivity index (χ3v) is 9.86. The number of primary amides is 1. The van der Waals surface area contributed by atoms with Crippen LogP contribution in [0.4, 0.5) is 33.5 Å². The van der Waals surface area contributed by atoms with Crippen molar-refractivity contribution in [2.24, 2.45) is 16.6 Å². The third-order valence-electron chi connectivity index (χ3n) is 8.53. The number of halogens is 6. The van der Waals surface area contributed by atoms with Crippen LogP contribution in [0.2, 0.25) is 5.15 Å². The summed E-state index contributed by atoms with van der Waals surface area (Å²) >= 11 is 7.95. The van der Waals surface area contributed by atoms with E-state index in [1.54, 1.807) is 0 Å². The molecule has 2 aromatic rings. The molecule has 1 aromatic heterocycles. The number of benzene rings is 1. The van der Waals surface area contributed by atoms with Crippen LogP contribution in [-0.2, 0) is 4.79 Å². The molecule has 3 heterocycles. The highest BCUT2D eigenvalue weighted by Gasteiger charge is 2.81. The smallest absolute Gasteiger partial charge is 0.369 e. The quantitative estimate of drug-likeness (QED) is 0.407. The number of nitrogens with one attached hydrogen (secondary N) is 1. The Labute approximate surface area is 232 Å². The van der Waals surface area contributed by atoms with Crippen molar-refractivity contribution in [1.82, 2.24) is 9.78 Å². The number of thioether (sulfide) groups is 1. The molecule has 6 nitrogen and oxygen atoms in total. The number of hydrogen-bond donors (Lipinski definition) is 2. The Balaban J connectivity index is 0.000000455. The molecule has 2 aliphatic heterocycles. The van der Waals surface area contributed by atoms with Crippen LogP contribution < -0.4 is 16.0 Å². The largest absolute Gasteiger partial charge is 0.401 e. The van der Waals surface area contributed by atoms with Crippen molar-refractivity contribution < 1.29 is 26.7 Å². The summed E-state index contributed by atoms with van der Waals surface area (Å²) in [5.74, 6) is -5.41. The van der Waals surface area contributed by atoms with Gasteiger partial charge in [0.1, 0.15) is 16.6 Å². The second-order valence-corrected chi connectivity index (χ2v) is 12.4. The number of hydrogen-bond acceptors (Lipinski definition) is 5. The van der Waals surface area contributed by atoms with Gasteiger partial charge in [-0.3, -0.25) is 4.79 Å². The molecule has 212 valence electrons. The van der Waals surface area contributed by atoms with E-state index in [1.165, 1.54) is 59.2 Å². The summed E-state index contributed by atoms with van der Waals surface area (Å²) in [6.45, 7) is 1.90. The van der Waals surface area contributed by atoms with Crippen LogP contribution in [0.3, 0.4) is 0 Å². The molecule has 2 fully saturated rings. The lowest BCUT2D eigenvalue weighted by Gasteiger charge is -2.31. The minimum absolute atomic E-state index is 0.0326. The highest BCUT2D eigenvalue weighted by Crippen LogP contribution is 2.71. The SMILES string of the molecule is CC1(C(F)(F)F)CN(c2ccc(C3C(F)(F)C3(C)C(N)=O)cc2)C2=C1n1nc(Cl)cc1NC2.CSC1CCC1. The Morgan fingerprint density at radius 1 is 1.21 bits per heavy atom. The Kier molecular flexibility index (Phi) is 6.69. The van der Waals surface area contributed by atoms with E-state index in [9.17, 15) is 26.7 Å². The standard InChI is InChI=1S/C21H19ClF5N5O.C5H10S/c1-18(21(25,26)27)9-31(12-8-29-14-7-13(22)30-32(14)16(12)18)11-5-3-10(4-6-11)15-19(2,17(28)33)20(15,23)24;1-6-5-3-2-4-5/h3-7,15,29H,8-9H2,1-2H3,(H2,28,33);5H,2-4H2,1H3. The first-order valence-electron chi connectivity index (χ1n) is 12.5. The summed E-state index contributed by atoms with van der Waals surface area (Å²) in [5.41, 5.74) is 1.86. The number of amides is 1. The Hall–Kier alpha value is -2.47. The number of carbonyl (C=O) groups is 1. The molecule has 1 aromatic carbocycles. The zero-order valence-corrected chi connectivity index (χ0v) is 23.2. The van der Waals surface area contributed by atoms with E-state index in [1.807, 2.05) is 11.8 Å². The molecule has 0 bridgehead atoms. The van der Waals surface area contributed by atoms with Gasteiger partial charge in [0.25, 0.3) is 5.92 Å². The topological polar surface area (TPSA) is 76.2 Å². The first-order valence-corrected chi connectivity index (χ1v) is 14.2. The average molecular weight is 590 g/mol. The van der Waals surface area contributed by atoms with Gasteiger partial charge in [0, 0.05) is 23.5 Å². The zero-order valence-electron chi connectivity index (χ0n) is 21.6. The molecule has 2 saturated carbocycles. The monoisotopic (exact) mass is 589 g/mol. The molecule has 1 amide bonds. The number of nitrogens with two attached hydrogens (primary N) is 1. The van der Waals surface area contributed by atoms with Gasteiger partial charge in [0.2, 0.25) is 5.91 Å². The molecule has 0 spiro atoms. The van der Waals surface area contributed by atoms with Crippen molar-refractivity contribution in [3.05, 3.63) is 46.7 Å². The normalized spacial score (nSPS) is 29.1. The number of carbonyl (C=O) groups excluding carboxylic acids is 1. The van der Waals surface area contributed by atoms with E-state index < -0.39 is 41.3 Å². The number of rotatable bonds is 4. The highest BCUT2D eigenvalue weighted by atomic mass is 35.5. The van der Waals surface area contributed by atoms with Crippen LogP contribution in [0.1, 0.15) is 44.6 Å². The van der Waals surface area contributed by atoms with Crippen LogP contribution in [0.5, 0.6) is 0 Å². The predicted molar refractivity (Wildman–Crippen MR) is 143 cm³/mol. The highest BCUT2D eigenvalue weighted by molar-refractivity contribution is 7.99. The molecular formula is C26H29ClF5N5OS. The van der Waals surface area contributed by atoms with Gasteiger partial charge in [0.05, 0.1) is 23.9 Å². The molecule has 0 saturated heterocycles. The summed E-state index contributed by atoms with van der Waals surface area (Å²) in [4.78, 5) is 13.1. The van der Waals surface area contributed by atoms with Gasteiger partial charge < -0.3 is 16.0 Å². The van der Waals surface area contributed by atoms with E-state index in [4.69, 9.17) is 17.3 Å². The van der Waals surface area contributed by atoms with Crippen molar-refractivity contribution in [1.29, 1.82) is 0 Å². The first kappa shape index (κ1) is 28.1. The number of anilines is 2. The lowest BCUT2D eigenvalue weighted by atomic mass is 9.87. The first-order chi connectivity index (χ1) is 18.2. The molecule has 3 N–H and O–H groups in total. The summed E-state index contributed by atoms with van der Waals surface area (Å²) in [5, 5.41) is 8.14. The lowest BCUT2D eigenvalue weighted by molar-refractivity contribution is -0.192. The molecule has 4 aliphatic rings. The van der Waals surface area contributed by atoms with Crippen molar-refractivity contribution in [3.63, 3.8) is 0 Å². The molecule has 3 unspecified atom stereocenters. The molecule has 0 radical (unpaired) electrons. The molecule has 39 heavy (non-hydrogen) atoms. The van der Waals surface area contributed by atoms with Crippen LogP contribution in [0.25, 0.3) is 5.70 Å². The number of alkyl halides is 5. The van der Waals surface area contributed by atoms with E-state index in [-0.39, 0.29) is 23.0 Å². The van der Waals surface area contributed by atoms with Gasteiger partial charge in [-0.15, -0.1) is 0 Å². The Morgan fingerprint density at radius 2 is 1.85 bits per heavy atom. The van der Waals surface area contributed by atoms with Gasteiger partial charge in [0.15, 0.2) is 5.15 Å². The van der Waals surface area contributed by atoms with Crippen LogP contribution in [0, 0.1) is 10.8 Å². The number of nitrogens with zero attached hydrogens (tertiary/aromatic N) is 3.